The van der Waals surface area contributed by atoms with Crippen LogP contribution in [0.4, 0.5) is 0 Å². The Balaban J connectivity index is 4.16. The fourth-order valence-electron chi connectivity index (χ4n) is 1.10. The van der Waals surface area contributed by atoms with E-state index in [1.165, 1.54) is 0 Å². The standard InChI is InChI=1S/C9H25O2Si3/c1-8-12-9(10-13(2,3)4)11-14(5,6)7/h8-9H,12H2,1-7H3. The molecule has 2 nitrogen and oxygen atoms in total. The zero-order valence-corrected chi connectivity index (χ0v) is 14.1. The lowest BCUT2D eigenvalue weighted by molar-refractivity contribution is 0.0614. The molecule has 14 heavy (non-hydrogen) atoms. The molecule has 0 heterocycles. The lowest BCUT2D eigenvalue weighted by atomic mass is 11.0. The largest absolute Gasteiger partial charge is 0.398 e. The third-order valence-corrected chi connectivity index (χ3v) is 5.19. The van der Waals surface area contributed by atoms with Gasteiger partial charge in [0.25, 0.3) is 0 Å². The van der Waals surface area contributed by atoms with E-state index in [4.69, 9.17) is 8.85 Å². The maximum absolute atomic E-state index is 6.04. The minimum absolute atomic E-state index is 0.123. The van der Waals surface area contributed by atoms with Gasteiger partial charge in [-0.25, -0.2) is 0 Å². The van der Waals surface area contributed by atoms with Crippen LogP contribution in [-0.2, 0) is 8.85 Å². The van der Waals surface area contributed by atoms with Crippen molar-refractivity contribution in [1.29, 1.82) is 0 Å². The van der Waals surface area contributed by atoms with Crippen molar-refractivity contribution in [1.82, 2.24) is 0 Å². The van der Waals surface area contributed by atoms with Gasteiger partial charge in [0.15, 0.2) is 16.6 Å². The Morgan fingerprint density at radius 1 is 0.929 bits per heavy atom. The van der Waals surface area contributed by atoms with Gasteiger partial charge in [0.05, 0.1) is 9.52 Å². The van der Waals surface area contributed by atoms with E-state index in [9.17, 15) is 0 Å². The Kier molecular flexibility index (Phi) is 5.83. The van der Waals surface area contributed by atoms with Crippen LogP contribution in [0.1, 0.15) is 6.92 Å². The van der Waals surface area contributed by atoms with Gasteiger partial charge in [-0.05, 0) is 45.3 Å². The van der Waals surface area contributed by atoms with E-state index in [-0.39, 0.29) is 15.4 Å². The third-order valence-electron chi connectivity index (χ3n) is 1.40. The van der Waals surface area contributed by atoms with Gasteiger partial charge in [-0.1, -0.05) is 6.92 Å². The van der Waals surface area contributed by atoms with Crippen LogP contribution in [-0.4, -0.2) is 32.1 Å². The Morgan fingerprint density at radius 2 is 1.29 bits per heavy atom. The van der Waals surface area contributed by atoms with E-state index < -0.39 is 16.6 Å². The molecule has 0 aromatic rings. The maximum atomic E-state index is 6.04. The Bertz CT molecular complexity index is 144. The first kappa shape index (κ1) is 14.6. The van der Waals surface area contributed by atoms with Crippen molar-refractivity contribution >= 4 is 26.2 Å². The highest BCUT2D eigenvalue weighted by molar-refractivity contribution is 6.71. The molecule has 0 rings (SSSR count). The van der Waals surface area contributed by atoms with Gasteiger partial charge in [-0.2, -0.15) is 0 Å². The Morgan fingerprint density at radius 3 is 1.50 bits per heavy atom. The van der Waals surface area contributed by atoms with E-state index in [0.717, 1.165) is 0 Å². The minimum atomic E-state index is -1.45. The van der Waals surface area contributed by atoms with Crippen molar-refractivity contribution in [3.63, 3.8) is 0 Å². The average molecular weight is 250 g/mol. The van der Waals surface area contributed by atoms with Gasteiger partial charge in [0.1, 0.15) is 5.91 Å². The molecule has 0 aliphatic rings. The molecule has 0 atom stereocenters. The average Bonchev–Trinajstić information content (AvgIpc) is 1.78. The van der Waals surface area contributed by atoms with Crippen LogP contribution in [0, 0.1) is 6.04 Å². The van der Waals surface area contributed by atoms with E-state index in [0.29, 0.717) is 0 Å². The van der Waals surface area contributed by atoms with Crippen molar-refractivity contribution in [2.75, 3.05) is 0 Å². The maximum Gasteiger partial charge on any atom is 0.186 e. The summed E-state index contributed by atoms with van der Waals surface area (Å²) in [6.45, 7) is 15.4. The molecule has 0 bridgehead atoms. The molecule has 0 unspecified atom stereocenters. The van der Waals surface area contributed by atoms with E-state index in [1.807, 2.05) is 0 Å². The fourth-order valence-corrected chi connectivity index (χ4v) is 7.03. The normalized spacial score (nSPS) is 14.6. The van der Waals surface area contributed by atoms with Crippen LogP contribution < -0.4 is 0 Å². The van der Waals surface area contributed by atoms with Crippen LogP contribution >= 0.6 is 0 Å². The molecular weight excluding hydrogens is 224 g/mol. The zero-order chi connectivity index (χ0) is 11.4. The molecule has 85 valence electrons. The van der Waals surface area contributed by atoms with Crippen LogP contribution in [0.15, 0.2) is 0 Å². The first-order chi connectivity index (χ1) is 6.14. The molecule has 0 fully saturated rings. The van der Waals surface area contributed by atoms with Crippen LogP contribution in [0.5, 0.6) is 0 Å². The lowest BCUT2D eigenvalue weighted by Gasteiger charge is -2.31. The highest BCUT2D eigenvalue weighted by atomic mass is 28.4. The number of hydrogen-bond acceptors (Lipinski definition) is 2. The van der Waals surface area contributed by atoms with Gasteiger partial charge in [0, 0.05) is 0 Å². The molecule has 0 saturated carbocycles. The highest BCUT2D eigenvalue weighted by Gasteiger charge is 2.26. The van der Waals surface area contributed by atoms with Crippen molar-refractivity contribution < 1.29 is 8.85 Å². The van der Waals surface area contributed by atoms with Gasteiger partial charge in [-0.15, -0.1) is 0 Å². The molecular formula is C9H25O2Si3. The molecule has 0 aromatic carbocycles. The van der Waals surface area contributed by atoms with Gasteiger partial charge < -0.3 is 8.85 Å². The summed E-state index contributed by atoms with van der Waals surface area (Å²) in [5.41, 5.74) is 0. The van der Waals surface area contributed by atoms with Crippen LogP contribution in [0.3, 0.4) is 0 Å². The lowest BCUT2D eigenvalue weighted by Crippen LogP contribution is -2.43. The Hall–Kier alpha value is 0.571. The van der Waals surface area contributed by atoms with Crippen molar-refractivity contribution in [2.24, 2.45) is 0 Å². The van der Waals surface area contributed by atoms with Crippen molar-refractivity contribution in [3.8, 4) is 0 Å². The second-order valence-corrected chi connectivity index (χ2v) is 16.4. The monoisotopic (exact) mass is 249 g/mol. The summed E-state index contributed by atoms with van der Waals surface area (Å²) in [4.78, 5) is 0. The third kappa shape index (κ3) is 9.14. The second kappa shape index (κ2) is 5.60. The molecule has 0 amide bonds. The van der Waals surface area contributed by atoms with E-state index in [2.05, 4.69) is 52.2 Å². The minimum Gasteiger partial charge on any atom is -0.398 e. The van der Waals surface area contributed by atoms with Gasteiger partial charge in [0.2, 0.25) is 0 Å². The Labute approximate surface area is 93.5 Å². The summed E-state index contributed by atoms with van der Waals surface area (Å²) < 4.78 is 12.1. The van der Waals surface area contributed by atoms with Crippen LogP contribution in [0.25, 0.3) is 0 Å². The summed E-state index contributed by atoms with van der Waals surface area (Å²) in [5.74, 6) is 0.123. The highest BCUT2D eigenvalue weighted by Crippen LogP contribution is 2.13. The first-order valence-electron chi connectivity index (χ1n) is 5.27. The van der Waals surface area contributed by atoms with E-state index in [1.54, 1.807) is 0 Å². The predicted molar refractivity (Wildman–Crippen MR) is 71.2 cm³/mol. The van der Waals surface area contributed by atoms with E-state index >= 15 is 0 Å². The SMILES string of the molecule is C[CH][SiH2]C(O[Si](C)(C)C)O[Si](C)(C)C. The number of rotatable bonds is 6. The molecule has 1 radical (unpaired) electrons. The molecule has 0 spiro atoms. The summed E-state index contributed by atoms with van der Waals surface area (Å²) in [6.07, 6.45) is 0. The van der Waals surface area contributed by atoms with Crippen LogP contribution in [0.2, 0.25) is 39.3 Å². The predicted octanol–water partition coefficient (Wildman–Crippen LogP) is 2.32. The zero-order valence-electron chi connectivity index (χ0n) is 10.7. The smallest absolute Gasteiger partial charge is 0.186 e. The quantitative estimate of drug-likeness (QED) is 0.531. The molecule has 0 N–H and O–H groups in total. The summed E-state index contributed by atoms with van der Waals surface area (Å²) in [7, 11) is -3.21. The van der Waals surface area contributed by atoms with Crippen molar-refractivity contribution in [3.05, 3.63) is 6.04 Å². The summed E-state index contributed by atoms with van der Waals surface area (Å²) >= 11 is 0. The molecule has 0 aromatic heterocycles. The molecule has 0 aliphatic carbocycles. The summed E-state index contributed by atoms with van der Waals surface area (Å²) in [6, 6.07) is 2.25. The van der Waals surface area contributed by atoms with Crippen molar-refractivity contribution in [2.45, 2.75) is 52.1 Å². The summed E-state index contributed by atoms with van der Waals surface area (Å²) in [5, 5.41) is 0. The number of hydrogen-bond donors (Lipinski definition) is 0. The fraction of sp³-hybridized carbons (Fsp3) is 0.889. The van der Waals surface area contributed by atoms with Gasteiger partial charge in [-0.3, -0.25) is 0 Å². The van der Waals surface area contributed by atoms with Gasteiger partial charge >= 0.3 is 0 Å². The molecule has 5 heteroatoms. The topological polar surface area (TPSA) is 18.5 Å². The molecule has 0 aliphatic heterocycles. The second-order valence-electron chi connectivity index (χ2n) is 5.53. The molecule has 0 saturated heterocycles. The first-order valence-corrected chi connectivity index (χ1v) is 13.7.